The minimum absolute atomic E-state index is 0.132. The second-order valence-corrected chi connectivity index (χ2v) is 5.96. The molecule has 1 aliphatic rings. The third kappa shape index (κ3) is 5.88. The van der Waals surface area contributed by atoms with Crippen molar-refractivity contribution in [2.45, 2.75) is 84.5 Å². The van der Waals surface area contributed by atoms with Crippen molar-refractivity contribution < 1.29 is 9.53 Å². The molecule has 0 unspecified atom stereocenters. The molecule has 1 fully saturated rings. The van der Waals surface area contributed by atoms with Crippen LogP contribution in [0.2, 0.25) is 0 Å². The van der Waals surface area contributed by atoms with Crippen LogP contribution in [0.25, 0.3) is 0 Å². The van der Waals surface area contributed by atoms with Gasteiger partial charge in [0.05, 0.1) is 6.61 Å². The Bertz CT molecular complexity index is 229. The second kappa shape index (κ2) is 8.55. The summed E-state index contributed by atoms with van der Waals surface area (Å²) in [6.45, 7) is 4.40. The molecular formula is C16H30O2. The van der Waals surface area contributed by atoms with Crippen LogP contribution >= 0.6 is 0 Å². The van der Waals surface area contributed by atoms with E-state index >= 15 is 0 Å². The van der Waals surface area contributed by atoms with Gasteiger partial charge in [0.25, 0.3) is 0 Å². The first-order chi connectivity index (χ1) is 8.68. The van der Waals surface area contributed by atoms with Gasteiger partial charge in [-0.1, -0.05) is 51.9 Å². The van der Waals surface area contributed by atoms with Crippen molar-refractivity contribution in [1.29, 1.82) is 0 Å². The van der Waals surface area contributed by atoms with Gasteiger partial charge in [-0.15, -0.1) is 0 Å². The Morgan fingerprint density at radius 3 is 2.39 bits per heavy atom. The van der Waals surface area contributed by atoms with Crippen molar-refractivity contribution in [2.24, 2.45) is 5.41 Å². The van der Waals surface area contributed by atoms with Crippen LogP contribution < -0.4 is 0 Å². The zero-order valence-electron chi connectivity index (χ0n) is 12.3. The maximum atomic E-state index is 10.9. The summed E-state index contributed by atoms with van der Waals surface area (Å²) in [5.74, 6) is -0.132. The Morgan fingerprint density at radius 2 is 1.78 bits per heavy atom. The van der Waals surface area contributed by atoms with Gasteiger partial charge in [-0.25, -0.2) is 0 Å². The van der Waals surface area contributed by atoms with E-state index < -0.39 is 0 Å². The van der Waals surface area contributed by atoms with Crippen LogP contribution in [0.1, 0.15) is 84.5 Å². The van der Waals surface area contributed by atoms with Crippen molar-refractivity contribution in [2.75, 3.05) is 6.61 Å². The van der Waals surface area contributed by atoms with Crippen LogP contribution in [0.15, 0.2) is 0 Å². The molecule has 2 heteroatoms. The SMILES string of the molecule is CCCCCCC1(CCOC(C)=O)CCCCC1. The fraction of sp³-hybridized carbons (Fsp3) is 0.938. The Balaban J connectivity index is 2.34. The van der Waals surface area contributed by atoms with Crippen LogP contribution in [0.3, 0.4) is 0 Å². The molecule has 0 aromatic heterocycles. The van der Waals surface area contributed by atoms with Gasteiger partial charge in [0, 0.05) is 6.92 Å². The van der Waals surface area contributed by atoms with Crippen LogP contribution in [-0.4, -0.2) is 12.6 Å². The molecule has 1 saturated carbocycles. The van der Waals surface area contributed by atoms with E-state index in [4.69, 9.17) is 4.74 Å². The lowest BCUT2D eigenvalue weighted by Gasteiger charge is -2.37. The molecule has 0 amide bonds. The smallest absolute Gasteiger partial charge is 0.302 e. The van der Waals surface area contributed by atoms with Gasteiger partial charge >= 0.3 is 5.97 Å². The van der Waals surface area contributed by atoms with Crippen molar-refractivity contribution in [3.63, 3.8) is 0 Å². The molecule has 1 rings (SSSR count). The van der Waals surface area contributed by atoms with Gasteiger partial charge in [0.2, 0.25) is 0 Å². The summed E-state index contributed by atoms with van der Waals surface area (Å²) in [5, 5.41) is 0. The second-order valence-electron chi connectivity index (χ2n) is 5.96. The quantitative estimate of drug-likeness (QED) is 0.456. The average molecular weight is 254 g/mol. The summed E-state index contributed by atoms with van der Waals surface area (Å²) < 4.78 is 5.16. The highest BCUT2D eigenvalue weighted by molar-refractivity contribution is 5.65. The van der Waals surface area contributed by atoms with Gasteiger partial charge in [-0.2, -0.15) is 0 Å². The molecule has 0 heterocycles. The number of hydrogen-bond acceptors (Lipinski definition) is 2. The first kappa shape index (κ1) is 15.5. The normalized spacial score (nSPS) is 18.6. The molecule has 18 heavy (non-hydrogen) atoms. The highest BCUT2D eigenvalue weighted by Gasteiger charge is 2.31. The van der Waals surface area contributed by atoms with E-state index in [1.165, 1.54) is 71.1 Å². The molecule has 0 N–H and O–H groups in total. The third-order valence-corrected chi connectivity index (χ3v) is 4.41. The van der Waals surface area contributed by atoms with E-state index in [9.17, 15) is 4.79 Å². The summed E-state index contributed by atoms with van der Waals surface area (Å²) in [5.41, 5.74) is 0.488. The molecule has 0 spiro atoms. The van der Waals surface area contributed by atoms with Crippen molar-refractivity contribution in [3.05, 3.63) is 0 Å². The Kier molecular flexibility index (Phi) is 7.38. The minimum atomic E-state index is -0.132. The van der Waals surface area contributed by atoms with Gasteiger partial charge in [0.15, 0.2) is 0 Å². The summed E-state index contributed by atoms with van der Waals surface area (Å²) >= 11 is 0. The summed E-state index contributed by atoms with van der Waals surface area (Å²) in [4.78, 5) is 10.9. The highest BCUT2D eigenvalue weighted by Crippen LogP contribution is 2.43. The molecule has 0 radical (unpaired) electrons. The highest BCUT2D eigenvalue weighted by atomic mass is 16.5. The number of rotatable bonds is 8. The van der Waals surface area contributed by atoms with Crippen molar-refractivity contribution in [3.8, 4) is 0 Å². The van der Waals surface area contributed by atoms with Crippen molar-refractivity contribution in [1.82, 2.24) is 0 Å². The molecule has 2 nitrogen and oxygen atoms in total. The number of carbonyl (C=O) groups excluding carboxylic acids is 1. The maximum Gasteiger partial charge on any atom is 0.302 e. The Morgan fingerprint density at radius 1 is 1.06 bits per heavy atom. The summed E-state index contributed by atoms with van der Waals surface area (Å²) in [6.07, 6.45) is 14.6. The van der Waals surface area contributed by atoms with E-state index in [-0.39, 0.29) is 5.97 Å². The maximum absolute atomic E-state index is 10.9. The van der Waals surface area contributed by atoms with Crippen molar-refractivity contribution >= 4 is 5.97 Å². The van der Waals surface area contributed by atoms with E-state index in [2.05, 4.69) is 6.92 Å². The molecular weight excluding hydrogens is 224 g/mol. The fourth-order valence-electron chi connectivity index (χ4n) is 3.26. The van der Waals surface area contributed by atoms with Gasteiger partial charge in [-0.3, -0.25) is 4.79 Å². The molecule has 1 aliphatic carbocycles. The zero-order valence-corrected chi connectivity index (χ0v) is 12.3. The summed E-state index contributed by atoms with van der Waals surface area (Å²) in [6, 6.07) is 0. The predicted octanol–water partition coefficient (Wildman–Crippen LogP) is 4.86. The topological polar surface area (TPSA) is 26.3 Å². The van der Waals surface area contributed by atoms with Crippen LogP contribution in [0, 0.1) is 5.41 Å². The lowest BCUT2D eigenvalue weighted by Crippen LogP contribution is -2.26. The standard InChI is InChI=1S/C16H30O2/c1-3-4-5-7-10-16(11-8-6-9-12-16)13-14-18-15(2)17/h3-14H2,1-2H3. The fourth-order valence-corrected chi connectivity index (χ4v) is 3.26. The molecule has 0 atom stereocenters. The lowest BCUT2D eigenvalue weighted by atomic mass is 9.69. The monoisotopic (exact) mass is 254 g/mol. The Hall–Kier alpha value is -0.530. The molecule has 0 aliphatic heterocycles. The van der Waals surface area contributed by atoms with Gasteiger partial charge < -0.3 is 4.74 Å². The number of hydrogen-bond donors (Lipinski definition) is 0. The molecule has 0 aromatic carbocycles. The van der Waals surface area contributed by atoms with E-state index in [1.807, 2.05) is 0 Å². The predicted molar refractivity (Wildman–Crippen MR) is 75.5 cm³/mol. The van der Waals surface area contributed by atoms with E-state index in [0.29, 0.717) is 12.0 Å². The number of esters is 1. The molecule has 0 bridgehead atoms. The molecule has 0 aromatic rings. The number of carbonyl (C=O) groups is 1. The van der Waals surface area contributed by atoms with E-state index in [1.54, 1.807) is 0 Å². The lowest BCUT2D eigenvalue weighted by molar-refractivity contribution is -0.141. The average Bonchev–Trinajstić information content (AvgIpc) is 2.36. The minimum Gasteiger partial charge on any atom is -0.466 e. The zero-order chi connectivity index (χ0) is 13.3. The van der Waals surface area contributed by atoms with Crippen LogP contribution in [0.4, 0.5) is 0 Å². The van der Waals surface area contributed by atoms with Crippen LogP contribution in [-0.2, 0) is 9.53 Å². The first-order valence-electron chi connectivity index (χ1n) is 7.82. The van der Waals surface area contributed by atoms with E-state index in [0.717, 1.165) is 6.42 Å². The van der Waals surface area contributed by atoms with Gasteiger partial charge in [0.1, 0.15) is 0 Å². The number of unbranched alkanes of at least 4 members (excludes halogenated alkanes) is 3. The summed E-state index contributed by atoms with van der Waals surface area (Å²) in [7, 11) is 0. The largest absolute Gasteiger partial charge is 0.466 e. The van der Waals surface area contributed by atoms with Crippen LogP contribution in [0.5, 0.6) is 0 Å². The molecule has 0 saturated heterocycles. The Labute approximate surface area is 112 Å². The first-order valence-corrected chi connectivity index (χ1v) is 7.82. The number of ether oxygens (including phenoxy) is 1. The van der Waals surface area contributed by atoms with Gasteiger partial charge in [-0.05, 0) is 31.1 Å². The molecule has 106 valence electrons. The third-order valence-electron chi connectivity index (χ3n) is 4.41.